The van der Waals surface area contributed by atoms with E-state index in [0.717, 1.165) is 18.7 Å². The zero-order chi connectivity index (χ0) is 21.8. The van der Waals surface area contributed by atoms with Gasteiger partial charge in [0.2, 0.25) is 5.91 Å². The fourth-order valence-corrected chi connectivity index (χ4v) is 4.92. The SMILES string of the molecule is COc1cc2c(cc1OC)C(c1cccs1)N(CCC(=O)Nc1ccccc1F)CC2. The number of hydrogen-bond donors (Lipinski definition) is 1. The Kier molecular flexibility index (Phi) is 6.53. The maximum absolute atomic E-state index is 13.8. The molecule has 5 nitrogen and oxygen atoms in total. The van der Waals surface area contributed by atoms with Gasteiger partial charge >= 0.3 is 0 Å². The number of ether oxygens (including phenoxy) is 2. The molecule has 0 bridgehead atoms. The Balaban J connectivity index is 1.55. The number of carbonyl (C=O) groups is 1. The third-order valence-electron chi connectivity index (χ3n) is 5.56. The Labute approximate surface area is 185 Å². The van der Waals surface area contributed by atoms with Crippen molar-refractivity contribution in [2.45, 2.75) is 18.9 Å². The molecule has 1 aromatic heterocycles. The Bertz CT molecular complexity index is 1050. The quantitative estimate of drug-likeness (QED) is 0.569. The van der Waals surface area contributed by atoms with E-state index in [4.69, 9.17) is 9.47 Å². The lowest BCUT2D eigenvalue weighted by Crippen LogP contribution is -2.37. The second-order valence-corrected chi connectivity index (χ2v) is 8.37. The first kappa shape index (κ1) is 21.3. The molecule has 1 unspecified atom stereocenters. The van der Waals surface area contributed by atoms with Crippen LogP contribution in [0.4, 0.5) is 10.1 Å². The molecule has 162 valence electrons. The van der Waals surface area contributed by atoms with Crippen molar-refractivity contribution in [2.24, 2.45) is 0 Å². The van der Waals surface area contributed by atoms with Gasteiger partial charge in [-0.25, -0.2) is 4.39 Å². The summed E-state index contributed by atoms with van der Waals surface area (Å²) < 4.78 is 24.9. The van der Waals surface area contributed by atoms with E-state index in [-0.39, 0.29) is 24.1 Å². The van der Waals surface area contributed by atoms with E-state index in [1.54, 1.807) is 43.8 Å². The first-order valence-corrected chi connectivity index (χ1v) is 11.0. The number of anilines is 1. The van der Waals surface area contributed by atoms with Gasteiger partial charge < -0.3 is 14.8 Å². The molecular weight excluding hydrogens is 415 g/mol. The Morgan fingerprint density at radius 2 is 1.94 bits per heavy atom. The second-order valence-electron chi connectivity index (χ2n) is 7.39. The Hall–Kier alpha value is -2.90. The summed E-state index contributed by atoms with van der Waals surface area (Å²) in [5.41, 5.74) is 2.60. The second kappa shape index (κ2) is 9.49. The number of hydrogen-bond acceptors (Lipinski definition) is 5. The highest BCUT2D eigenvalue weighted by molar-refractivity contribution is 7.10. The number of para-hydroxylation sites is 1. The van der Waals surface area contributed by atoms with Crippen molar-refractivity contribution >= 4 is 22.9 Å². The molecule has 2 heterocycles. The van der Waals surface area contributed by atoms with Crippen LogP contribution in [-0.4, -0.2) is 38.1 Å². The topological polar surface area (TPSA) is 50.8 Å². The molecule has 1 aliphatic heterocycles. The van der Waals surface area contributed by atoms with Gasteiger partial charge in [0.1, 0.15) is 5.82 Å². The summed E-state index contributed by atoms with van der Waals surface area (Å²) in [4.78, 5) is 16.0. The number of methoxy groups -OCH3 is 2. The maximum Gasteiger partial charge on any atom is 0.225 e. The number of rotatable bonds is 7. The average Bonchev–Trinajstić information content (AvgIpc) is 3.32. The molecule has 3 aromatic rings. The van der Waals surface area contributed by atoms with Crippen molar-refractivity contribution in [3.8, 4) is 11.5 Å². The molecule has 0 fully saturated rings. The summed E-state index contributed by atoms with van der Waals surface area (Å²) in [6.07, 6.45) is 1.13. The lowest BCUT2D eigenvalue weighted by molar-refractivity contribution is -0.116. The highest BCUT2D eigenvalue weighted by Gasteiger charge is 2.31. The van der Waals surface area contributed by atoms with Crippen LogP contribution in [-0.2, 0) is 11.2 Å². The molecule has 7 heteroatoms. The van der Waals surface area contributed by atoms with Crippen LogP contribution < -0.4 is 14.8 Å². The number of nitrogens with one attached hydrogen (secondary N) is 1. The molecule has 0 saturated carbocycles. The summed E-state index contributed by atoms with van der Waals surface area (Å²) in [5, 5.41) is 4.74. The number of amides is 1. The number of thiophene rings is 1. The largest absolute Gasteiger partial charge is 0.493 e. The molecule has 0 radical (unpaired) electrons. The van der Waals surface area contributed by atoms with Gasteiger partial charge in [0.25, 0.3) is 0 Å². The van der Waals surface area contributed by atoms with E-state index < -0.39 is 5.82 Å². The first-order chi connectivity index (χ1) is 15.1. The molecule has 1 amide bonds. The van der Waals surface area contributed by atoms with E-state index in [0.29, 0.717) is 12.3 Å². The van der Waals surface area contributed by atoms with Gasteiger partial charge in [-0.2, -0.15) is 0 Å². The minimum atomic E-state index is -0.430. The lowest BCUT2D eigenvalue weighted by Gasteiger charge is -2.37. The molecule has 1 N–H and O–H groups in total. The van der Waals surface area contributed by atoms with Crippen LogP contribution in [0.1, 0.15) is 28.5 Å². The predicted molar refractivity (Wildman–Crippen MR) is 121 cm³/mol. The van der Waals surface area contributed by atoms with Crippen LogP contribution in [0.2, 0.25) is 0 Å². The van der Waals surface area contributed by atoms with Crippen LogP contribution in [0.15, 0.2) is 53.9 Å². The summed E-state index contributed by atoms with van der Waals surface area (Å²) in [7, 11) is 3.28. The first-order valence-electron chi connectivity index (χ1n) is 10.2. The Morgan fingerprint density at radius 1 is 1.16 bits per heavy atom. The van der Waals surface area contributed by atoms with Crippen molar-refractivity contribution in [2.75, 3.05) is 32.6 Å². The van der Waals surface area contributed by atoms with E-state index in [1.165, 1.54) is 22.1 Å². The molecule has 0 aliphatic carbocycles. The van der Waals surface area contributed by atoms with Gasteiger partial charge in [0.05, 0.1) is 25.9 Å². The predicted octanol–water partition coefficient (Wildman–Crippen LogP) is 4.88. The minimum absolute atomic E-state index is 0.0322. The van der Waals surface area contributed by atoms with Crippen LogP contribution in [0.3, 0.4) is 0 Å². The highest BCUT2D eigenvalue weighted by Crippen LogP contribution is 2.42. The molecule has 1 atom stereocenters. The zero-order valence-corrected chi connectivity index (χ0v) is 18.4. The van der Waals surface area contributed by atoms with Gasteiger partial charge in [-0.05, 0) is 53.3 Å². The lowest BCUT2D eigenvalue weighted by atomic mass is 9.90. The van der Waals surface area contributed by atoms with Gasteiger partial charge in [0.15, 0.2) is 11.5 Å². The monoisotopic (exact) mass is 440 g/mol. The average molecular weight is 441 g/mol. The van der Waals surface area contributed by atoms with E-state index in [9.17, 15) is 9.18 Å². The zero-order valence-electron chi connectivity index (χ0n) is 17.6. The van der Waals surface area contributed by atoms with Gasteiger partial charge in [-0.3, -0.25) is 9.69 Å². The third-order valence-corrected chi connectivity index (χ3v) is 6.48. The summed E-state index contributed by atoms with van der Waals surface area (Å²) in [6, 6.07) is 14.5. The van der Waals surface area contributed by atoms with Crippen molar-refractivity contribution in [3.05, 3.63) is 75.7 Å². The smallest absolute Gasteiger partial charge is 0.225 e. The summed E-state index contributed by atoms with van der Waals surface area (Å²) >= 11 is 1.70. The molecular formula is C24H25FN2O3S. The van der Waals surface area contributed by atoms with Crippen LogP contribution in [0.25, 0.3) is 0 Å². The molecule has 1 aliphatic rings. The summed E-state index contributed by atoms with van der Waals surface area (Å²) in [6.45, 7) is 1.38. The van der Waals surface area contributed by atoms with Crippen LogP contribution in [0.5, 0.6) is 11.5 Å². The van der Waals surface area contributed by atoms with Crippen molar-refractivity contribution in [1.82, 2.24) is 4.90 Å². The molecule has 31 heavy (non-hydrogen) atoms. The number of halogens is 1. The van der Waals surface area contributed by atoms with E-state index in [2.05, 4.69) is 27.7 Å². The standard InChI is InChI=1S/C24H25FN2O3S/c1-29-20-14-16-9-11-27(12-10-23(28)26-19-7-4-3-6-18(19)25)24(22-8-5-13-31-22)17(16)15-21(20)30-2/h3-8,13-15,24H,9-12H2,1-2H3,(H,26,28). The van der Waals surface area contributed by atoms with E-state index in [1.807, 2.05) is 12.1 Å². The van der Waals surface area contributed by atoms with Crippen LogP contribution in [0, 0.1) is 5.82 Å². The molecule has 2 aromatic carbocycles. The number of fused-ring (bicyclic) bond motifs is 1. The van der Waals surface area contributed by atoms with Crippen molar-refractivity contribution < 1.29 is 18.7 Å². The molecule has 0 spiro atoms. The van der Waals surface area contributed by atoms with Gasteiger partial charge in [0, 0.05) is 24.4 Å². The molecule has 0 saturated heterocycles. The highest BCUT2D eigenvalue weighted by atomic mass is 32.1. The molecule has 4 rings (SSSR count). The number of nitrogens with zero attached hydrogens (tertiary/aromatic N) is 1. The number of benzene rings is 2. The Morgan fingerprint density at radius 3 is 2.65 bits per heavy atom. The van der Waals surface area contributed by atoms with Gasteiger partial charge in [-0.1, -0.05) is 18.2 Å². The van der Waals surface area contributed by atoms with Gasteiger partial charge in [-0.15, -0.1) is 11.3 Å². The minimum Gasteiger partial charge on any atom is -0.493 e. The van der Waals surface area contributed by atoms with E-state index >= 15 is 0 Å². The number of carbonyl (C=O) groups excluding carboxylic acids is 1. The maximum atomic E-state index is 13.8. The van der Waals surface area contributed by atoms with Crippen LogP contribution >= 0.6 is 11.3 Å². The van der Waals surface area contributed by atoms with Crippen molar-refractivity contribution in [3.63, 3.8) is 0 Å². The van der Waals surface area contributed by atoms with Crippen molar-refractivity contribution in [1.29, 1.82) is 0 Å². The fourth-order valence-electron chi connectivity index (χ4n) is 4.04. The normalized spacial score (nSPS) is 15.9. The third kappa shape index (κ3) is 4.57. The fraction of sp³-hybridized carbons (Fsp3) is 0.292. The summed E-state index contributed by atoms with van der Waals surface area (Å²) in [5.74, 6) is 0.791.